The molecule has 0 aromatic carbocycles. The Bertz CT molecular complexity index is 352. The topological polar surface area (TPSA) is 84.1 Å². The Hall–Kier alpha value is -1.36. The van der Waals surface area contributed by atoms with Crippen molar-refractivity contribution in [3.05, 3.63) is 11.9 Å². The third-order valence-electron chi connectivity index (χ3n) is 2.28. The highest BCUT2D eigenvalue weighted by Crippen LogP contribution is 2.15. The molecular weight excluding hydrogens is 204 g/mol. The molecule has 0 aliphatic heterocycles. The number of hydrogen-bond donors (Lipinski definition) is 3. The third kappa shape index (κ3) is 3.66. The monoisotopic (exact) mass is 224 g/mol. The molecule has 0 bridgehead atoms. The molecule has 0 spiro atoms. The number of anilines is 2. The Labute approximate surface area is 96.1 Å². The van der Waals surface area contributed by atoms with Gasteiger partial charge in [-0.2, -0.15) is 0 Å². The summed E-state index contributed by atoms with van der Waals surface area (Å²) in [6.45, 7) is 6.71. The molecule has 16 heavy (non-hydrogen) atoms. The number of nitrogens with zero attached hydrogens (tertiary/aromatic N) is 2. The minimum Gasteiger partial charge on any atom is -0.396 e. The number of aryl methyl sites for hydroxylation is 1. The summed E-state index contributed by atoms with van der Waals surface area (Å²) in [6, 6.07) is 1.70. The number of hydrogen-bond acceptors (Lipinski definition) is 5. The van der Waals surface area contributed by atoms with Crippen molar-refractivity contribution in [3.8, 4) is 0 Å². The van der Waals surface area contributed by atoms with E-state index in [-0.39, 0.29) is 12.0 Å². The fraction of sp³-hybridized carbons (Fsp3) is 0.636. The van der Waals surface area contributed by atoms with Crippen molar-refractivity contribution >= 4 is 11.6 Å². The van der Waals surface area contributed by atoms with E-state index in [9.17, 15) is 0 Å². The van der Waals surface area contributed by atoms with Crippen molar-refractivity contribution in [2.24, 2.45) is 5.41 Å². The van der Waals surface area contributed by atoms with Crippen molar-refractivity contribution in [1.29, 1.82) is 0 Å². The minimum absolute atomic E-state index is 0.126. The minimum atomic E-state index is -0.175. The fourth-order valence-corrected chi connectivity index (χ4v) is 1.15. The van der Waals surface area contributed by atoms with Crippen molar-refractivity contribution < 1.29 is 5.11 Å². The molecule has 5 nitrogen and oxygen atoms in total. The van der Waals surface area contributed by atoms with E-state index in [0.717, 1.165) is 12.2 Å². The first-order valence-corrected chi connectivity index (χ1v) is 5.45. The van der Waals surface area contributed by atoms with E-state index in [2.05, 4.69) is 15.3 Å². The molecule has 0 amide bonds. The molecule has 5 heteroatoms. The lowest BCUT2D eigenvalue weighted by Crippen LogP contribution is -2.27. The maximum atomic E-state index is 9.13. The van der Waals surface area contributed by atoms with Crippen LogP contribution in [0.25, 0.3) is 0 Å². The first kappa shape index (κ1) is 12.7. The van der Waals surface area contributed by atoms with E-state index in [0.29, 0.717) is 18.2 Å². The molecule has 0 aliphatic rings. The molecule has 0 atom stereocenters. The fourth-order valence-electron chi connectivity index (χ4n) is 1.15. The summed E-state index contributed by atoms with van der Waals surface area (Å²) in [4.78, 5) is 8.40. The van der Waals surface area contributed by atoms with Gasteiger partial charge in [-0.1, -0.05) is 20.8 Å². The molecule has 1 heterocycles. The van der Waals surface area contributed by atoms with Crippen LogP contribution in [0.5, 0.6) is 0 Å². The average Bonchev–Trinajstić information content (AvgIpc) is 2.26. The van der Waals surface area contributed by atoms with Gasteiger partial charge < -0.3 is 16.2 Å². The molecule has 0 unspecified atom stereocenters. The van der Waals surface area contributed by atoms with Crippen LogP contribution in [0.2, 0.25) is 0 Å². The SMILES string of the molecule is CCc1nc(N)cc(NCC(C)(C)CO)n1. The largest absolute Gasteiger partial charge is 0.396 e. The second-order valence-corrected chi connectivity index (χ2v) is 4.62. The highest BCUT2D eigenvalue weighted by molar-refractivity contribution is 5.44. The van der Waals surface area contributed by atoms with Crippen LogP contribution >= 0.6 is 0 Å². The maximum Gasteiger partial charge on any atom is 0.132 e. The molecule has 0 aliphatic carbocycles. The molecule has 0 saturated heterocycles. The summed E-state index contributed by atoms with van der Waals surface area (Å²) in [7, 11) is 0. The summed E-state index contributed by atoms with van der Waals surface area (Å²) in [5.74, 6) is 1.91. The van der Waals surface area contributed by atoms with Crippen LogP contribution < -0.4 is 11.1 Å². The average molecular weight is 224 g/mol. The van der Waals surface area contributed by atoms with E-state index in [1.165, 1.54) is 0 Å². The molecule has 1 rings (SSSR count). The molecule has 0 radical (unpaired) electrons. The van der Waals surface area contributed by atoms with Crippen LogP contribution in [0.4, 0.5) is 11.6 Å². The molecule has 4 N–H and O–H groups in total. The predicted octanol–water partition coefficient (Wildman–Crippen LogP) is 1.05. The van der Waals surface area contributed by atoms with Gasteiger partial charge in [-0.3, -0.25) is 0 Å². The number of nitrogens with two attached hydrogens (primary N) is 1. The normalized spacial score (nSPS) is 11.5. The number of aromatic nitrogens is 2. The summed E-state index contributed by atoms with van der Waals surface area (Å²) in [5.41, 5.74) is 5.49. The Kier molecular flexibility index (Phi) is 4.06. The van der Waals surface area contributed by atoms with Crippen LogP contribution in [0.3, 0.4) is 0 Å². The molecule has 1 aromatic rings. The number of nitrogens with one attached hydrogen (secondary N) is 1. The summed E-state index contributed by atoms with van der Waals surface area (Å²) in [6.07, 6.45) is 0.753. The van der Waals surface area contributed by atoms with Gasteiger partial charge in [0.2, 0.25) is 0 Å². The van der Waals surface area contributed by atoms with E-state index >= 15 is 0 Å². The van der Waals surface area contributed by atoms with Gasteiger partial charge in [-0.05, 0) is 0 Å². The molecule has 0 fully saturated rings. The van der Waals surface area contributed by atoms with Crippen LogP contribution in [-0.4, -0.2) is 28.2 Å². The van der Waals surface area contributed by atoms with Crippen LogP contribution in [-0.2, 0) is 6.42 Å². The van der Waals surface area contributed by atoms with Crippen LogP contribution in [0.15, 0.2) is 6.07 Å². The summed E-state index contributed by atoms with van der Waals surface area (Å²) in [5, 5.41) is 12.3. The highest BCUT2D eigenvalue weighted by Gasteiger charge is 2.16. The second kappa shape index (κ2) is 5.12. The Morgan fingerprint density at radius 2 is 2.12 bits per heavy atom. The first-order valence-electron chi connectivity index (χ1n) is 5.45. The lowest BCUT2D eigenvalue weighted by atomic mass is 9.95. The third-order valence-corrected chi connectivity index (χ3v) is 2.28. The zero-order valence-corrected chi connectivity index (χ0v) is 10.1. The van der Waals surface area contributed by atoms with Crippen molar-refractivity contribution in [1.82, 2.24) is 9.97 Å². The van der Waals surface area contributed by atoms with Crippen LogP contribution in [0.1, 0.15) is 26.6 Å². The number of aliphatic hydroxyl groups excluding tert-OH is 1. The Morgan fingerprint density at radius 1 is 1.44 bits per heavy atom. The van der Waals surface area contributed by atoms with Gasteiger partial charge in [-0.25, -0.2) is 9.97 Å². The highest BCUT2D eigenvalue weighted by atomic mass is 16.3. The summed E-state index contributed by atoms with van der Waals surface area (Å²) < 4.78 is 0. The van der Waals surface area contributed by atoms with Gasteiger partial charge in [-0.15, -0.1) is 0 Å². The van der Waals surface area contributed by atoms with Gasteiger partial charge in [0, 0.05) is 31.1 Å². The quantitative estimate of drug-likeness (QED) is 0.696. The Balaban J connectivity index is 2.70. The second-order valence-electron chi connectivity index (χ2n) is 4.62. The van der Waals surface area contributed by atoms with Crippen LogP contribution in [0, 0.1) is 5.41 Å². The van der Waals surface area contributed by atoms with Gasteiger partial charge in [0.15, 0.2) is 0 Å². The number of aliphatic hydroxyl groups is 1. The van der Waals surface area contributed by atoms with E-state index in [1.54, 1.807) is 6.07 Å². The van der Waals surface area contributed by atoms with Gasteiger partial charge >= 0.3 is 0 Å². The zero-order valence-electron chi connectivity index (χ0n) is 10.1. The van der Waals surface area contributed by atoms with Gasteiger partial charge in [0.05, 0.1) is 0 Å². The van der Waals surface area contributed by atoms with Crippen molar-refractivity contribution in [2.75, 3.05) is 24.2 Å². The molecular formula is C11H20N4O. The standard InChI is InChI=1S/C11H20N4O/c1-4-9-14-8(12)5-10(15-9)13-6-11(2,3)7-16/h5,16H,4,6-7H2,1-3H3,(H3,12,13,14,15). The lowest BCUT2D eigenvalue weighted by Gasteiger charge is -2.22. The van der Waals surface area contributed by atoms with E-state index in [4.69, 9.17) is 10.8 Å². The summed E-state index contributed by atoms with van der Waals surface area (Å²) >= 11 is 0. The molecule has 1 aromatic heterocycles. The maximum absolute atomic E-state index is 9.13. The first-order chi connectivity index (χ1) is 7.46. The van der Waals surface area contributed by atoms with E-state index < -0.39 is 0 Å². The van der Waals surface area contributed by atoms with E-state index in [1.807, 2.05) is 20.8 Å². The molecule has 90 valence electrons. The molecule has 0 saturated carbocycles. The van der Waals surface area contributed by atoms with Gasteiger partial charge in [0.25, 0.3) is 0 Å². The Morgan fingerprint density at radius 3 is 2.69 bits per heavy atom. The van der Waals surface area contributed by atoms with Crippen molar-refractivity contribution in [3.63, 3.8) is 0 Å². The van der Waals surface area contributed by atoms with Crippen molar-refractivity contribution in [2.45, 2.75) is 27.2 Å². The lowest BCUT2D eigenvalue weighted by molar-refractivity contribution is 0.170. The zero-order chi connectivity index (χ0) is 12.2. The predicted molar refractivity (Wildman–Crippen MR) is 65.2 cm³/mol. The number of rotatable bonds is 5. The van der Waals surface area contributed by atoms with Gasteiger partial charge in [0.1, 0.15) is 17.5 Å². The smallest absolute Gasteiger partial charge is 0.132 e. The number of nitrogen functional groups attached to an aromatic ring is 1.